The van der Waals surface area contributed by atoms with Crippen molar-refractivity contribution in [2.24, 2.45) is 0 Å². The number of hydrogen-bond acceptors (Lipinski definition) is 3. The number of imidazole rings is 1. The average Bonchev–Trinajstić information content (AvgIpc) is 2.60. The molecule has 0 spiro atoms. The van der Waals surface area contributed by atoms with Crippen LogP contribution in [-0.2, 0) is 11.2 Å². The third kappa shape index (κ3) is 1.90. The summed E-state index contributed by atoms with van der Waals surface area (Å²) < 4.78 is 5.26. The molecule has 2 aromatic rings. The van der Waals surface area contributed by atoms with E-state index in [-0.39, 0.29) is 0 Å². The lowest BCUT2D eigenvalue weighted by Gasteiger charge is -1.96. The van der Waals surface area contributed by atoms with Crippen LogP contribution in [0.25, 0.3) is 11.0 Å². The van der Waals surface area contributed by atoms with Crippen molar-refractivity contribution in [1.29, 1.82) is 0 Å². The van der Waals surface area contributed by atoms with Crippen molar-refractivity contribution in [3.63, 3.8) is 0 Å². The third-order valence-electron chi connectivity index (χ3n) is 2.02. The molecule has 0 aliphatic carbocycles. The Morgan fingerprint density at radius 2 is 2.43 bits per heavy atom. The van der Waals surface area contributed by atoms with Crippen molar-refractivity contribution in [3.05, 3.63) is 24.3 Å². The molecule has 0 aliphatic rings. The predicted octanol–water partition coefficient (Wildman–Crippen LogP) is 1.54. The fourth-order valence-corrected chi connectivity index (χ4v) is 1.34. The number of aromatic nitrogens is 3. The van der Waals surface area contributed by atoms with Crippen molar-refractivity contribution in [3.8, 4) is 0 Å². The monoisotopic (exact) mass is 191 g/mol. The van der Waals surface area contributed by atoms with Gasteiger partial charge in [-0.25, -0.2) is 4.98 Å². The van der Waals surface area contributed by atoms with E-state index in [0.717, 1.165) is 29.9 Å². The number of H-pyrrole nitrogens is 1. The SMILES string of the molecule is CCOCCc1nc2ccncc2[nH]1. The normalized spacial score (nSPS) is 10.9. The Bertz CT molecular complexity index is 377. The van der Waals surface area contributed by atoms with Gasteiger partial charge >= 0.3 is 0 Å². The van der Waals surface area contributed by atoms with Gasteiger partial charge in [-0.15, -0.1) is 0 Å². The van der Waals surface area contributed by atoms with E-state index in [1.807, 2.05) is 13.0 Å². The summed E-state index contributed by atoms with van der Waals surface area (Å²) >= 11 is 0. The van der Waals surface area contributed by atoms with Crippen molar-refractivity contribution in [2.75, 3.05) is 13.2 Å². The lowest BCUT2D eigenvalue weighted by Crippen LogP contribution is -1.99. The fraction of sp³-hybridized carbons (Fsp3) is 0.400. The number of hydrogen-bond donors (Lipinski definition) is 1. The lowest BCUT2D eigenvalue weighted by molar-refractivity contribution is 0.149. The van der Waals surface area contributed by atoms with Gasteiger partial charge in [0.05, 0.1) is 23.8 Å². The van der Waals surface area contributed by atoms with Gasteiger partial charge in [-0.3, -0.25) is 4.98 Å². The molecule has 4 heteroatoms. The lowest BCUT2D eigenvalue weighted by atomic mass is 10.4. The zero-order valence-electron chi connectivity index (χ0n) is 8.16. The highest BCUT2D eigenvalue weighted by atomic mass is 16.5. The number of nitrogens with zero attached hydrogens (tertiary/aromatic N) is 2. The first-order valence-corrected chi connectivity index (χ1v) is 4.76. The van der Waals surface area contributed by atoms with Crippen molar-refractivity contribution in [1.82, 2.24) is 15.0 Å². The molecule has 0 amide bonds. The second-order valence-corrected chi connectivity index (χ2v) is 3.02. The molecule has 74 valence electrons. The van der Waals surface area contributed by atoms with Gasteiger partial charge in [0.25, 0.3) is 0 Å². The van der Waals surface area contributed by atoms with Crippen molar-refractivity contribution < 1.29 is 4.74 Å². The standard InChI is InChI=1S/C10H13N3O/c1-2-14-6-4-10-12-8-3-5-11-7-9(8)13-10/h3,5,7H,2,4,6H2,1H3,(H,12,13). The Balaban J connectivity index is 2.11. The minimum Gasteiger partial charge on any atom is -0.381 e. The van der Waals surface area contributed by atoms with Gasteiger partial charge in [0.15, 0.2) is 0 Å². The number of pyridine rings is 1. The molecule has 0 radical (unpaired) electrons. The maximum Gasteiger partial charge on any atom is 0.109 e. The van der Waals surface area contributed by atoms with E-state index in [4.69, 9.17) is 4.74 Å². The Kier molecular flexibility index (Phi) is 2.74. The second-order valence-electron chi connectivity index (χ2n) is 3.02. The van der Waals surface area contributed by atoms with E-state index in [2.05, 4.69) is 15.0 Å². The number of fused-ring (bicyclic) bond motifs is 1. The molecular formula is C10H13N3O. The summed E-state index contributed by atoms with van der Waals surface area (Å²) in [5.74, 6) is 0.960. The minimum absolute atomic E-state index is 0.712. The van der Waals surface area contributed by atoms with E-state index in [0.29, 0.717) is 6.61 Å². The number of aromatic amines is 1. The molecule has 4 nitrogen and oxygen atoms in total. The van der Waals surface area contributed by atoms with Crippen LogP contribution in [0.1, 0.15) is 12.7 Å². The molecule has 0 unspecified atom stereocenters. The van der Waals surface area contributed by atoms with E-state index in [1.165, 1.54) is 0 Å². The van der Waals surface area contributed by atoms with E-state index >= 15 is 0 Å². The van der Waals surface area contributed by atoms with Gasteiger partial charge in [-0.1, -0.05) is 0 Å². The van der Waals surface area contributed by atoms with Crippen LogP contribution in [-0.4, -0.2) is 28.2 Å². The van der Waals surface area contributed by atoms with Crippen LogP contribution in [0, 0.1) is 0 Å². The molecule has 0 fully saturated rings. The first-order valence-electron chi connectivity index (χ1n) is 4.76. The van der Waals surface area contributed by atoms with E-state index in [1.54, 1.807) is 12.4 Å². The topological polar surface area (TPSA) is 50.8 Å². The molecule has 0 aromatic carbocycles. The molecule has 0 aliphatic heterocycles. The summed E-state index contributed by atoms with van der Waals surface area (Å²) in [6.45, 7) is 3.45. The molecule has 0 saturated carbocycles. The smallest absolute Gasteiger partial charge is 0.109 e. The first-order chi connectivity index (χ1) is 6.90. The van der Waals surface area contributed by atoms with E-state index in [9.17, 15) is 0 Å². The molecule has 2 heterocycles. The number of nitrogens with one attached hydrogen (secondary N) is 1. The van der Waals surface area contributed by atoms with Crippen LogP contribution in [0.5, 0.6) is 0 Å². The summed E-state index contributed by atoms with van der Waals surface area (Å²) in [6, 6.07) is 1.90. The Labute approximate surface area is 82.3 Å². The van der Waals surface area contributed by atoms with Gasteiger partial charge in [0, 0.05) is 19.2 Å². The number of rotatable bonds is 4. The van der Waals surface area contributed by atoms with Crippen LogP contribution in [0.15, 0.2) is 18.5 Å². The summed E-state index contributed by atoms with van der Waals surface area (Å²) in [7, 11) is 0. The van der Waals surface area contributed by atoms with Gasteiger partial charge in [0.2, 0.25) is 0 Å². The maximum absolute atomic E-state index is 5.26. The highest BCUT2D eigenvalue weighted by Crippen LogP contribution is 2.08. The van der Waals surface area contributed by atoms with Crippen LogP contribution < -0.4 is 0 Å². The molecular weight excluding hydrogens is 178 g/mol. The zero-order valence-corrected chi connectivity index (χ0v) is 8.16. The first kappa shape index (κ1) is 9.15. The summed E-state index contributed by atoms with van der Waals surface area (Å²) in [4.78, 5) is 11.6. The van der Waals surface area contributed by atoms with Gasteiger partial charge in [-0.2, -0.15) is 0 Å². The van der Waals surface area contributed by atoms with Gasteiger partial charge < -0.3 is 9.72 Å². The minimum atomic E-state index is 0.712. The van der Waals surface area contributed by atoms with Crippen LogP contribution in [0.2, 0.25) is 0 Å². The third-order valence-corrected chi connectivity index (χ3v) is 2.02. The van der Waals surface area contributed by atoms with Gasteiger partial charge in [-0.05, 0) is 13.0 Å². The van der Waals surface area contributed by atoms with Crippen LogP contribution >= 0.6 is 0 Å². The summed E-state index contributed by atoms with van der Waals surface area (Å²) in [5, 5.41) is 0. The van der Waals surface area contributed by atoms with Crippen LogP contribution in [0.4, 0.5) is 0 Å². The highest BCUT2D eigenvalue weighted by Gasteiger charge is 2.01. The largest absolute Gasteiger partial charge is 0.381 e. The Hall–Kier alpha value is -1.42. The second kappa shape index (κ2) is 4.19. The maximum atomic E-state index is 5.26. The zero-order chi connectivity index (χ0) is 9.80. The molecule has 14 heavy (non-hydrogen) atoms. The molecule has 1 N–H and O–H groups in total. The highest BCUT2D eigenvalue weighted by molar-refractivity contribution is 5.73. The van der Waals surface area contributed by atoms with Crippen LogP contribution in [0.3, 0.4) is 0 Å². The van der Waals surface area contributed by atoms with Crippen molar-refractivity contribution in [2.45, 2.75) is 13.3 Å². The molecule has 2 aromatic heterocycles. The van der Waals surface area contributed by atoms with Crippen molar-refractivity contribution >= 4 is 11.0 Å². The molecule has 0 atom stereocenters. The molecule has 0 saturated heterocycles. The fourth-order valence-electron chi connectivity index (χ4n) is 1.34. The van der Waals surface area contributed by atoms with E-state index < -0.39 is 0 Å². The Morgan fingerprint density at radius 1 is 1.50 bits per heavy atom. The average molecular weight is 191 g/mol. The number of ether oxygens (including phenoxy) is 1. The molecule has 0 bridgehead atoms. The summed E-state index contributed by atoms with van der Waals surface area (Å²) in [5.41, 5.74) is 1.95. The summed E-state index contributed by atoms with van der Waals surface area (Å²) in [6.07, 6.45) is 4.35. The quantitative estimate of drug-likeness (QED) is 0.746. The Morgan fingerprint density at radius 3 is 3.21 bits per heavy atom. The predicted molar refractivity (Wildman–Crippen MR) is 54.1 cm³/mol. The van der Waals surface area contributed by atoms with Gasteiger partial charge in [0.1, 0.15) is 5.82 Å². The molecule has 2 rings (SSSR count).